The number of halogens is 1. The van der Waals surface area contributed by atoms with Gasteiger partial charge in [0, 0.05) is 4.43 Å². The smallest absolute Gasteiger partial charge is 0.0775 e. The predicted molar refractivity (Wildman–Crippen MR) is 68.0 cm³/mol. The van der Waals surface area contributed by atoms with Crippen LogP contribution < -0.4 is 0 Å². The highest BCUT2D eigenvalue weighted by Crippen LogP contribution is 2.39. The highest BCUT2D eigenvalue weighted by Gasteiger charge is 2.37. The van der Waals surface area contributed by atoms with Crippen molar-refractivity contribution in [2.24, 2.45) is 5.92 Å². The number of ether oxygens (including phenoxy) is 1. The maximum absolute atomic E-state index is 6.34. The van der Waals surface area contributed by atoms with E-state index in [0.29, 0.717) is 6.10 Å². The van der Waals surface area contributed by atoms with Crippen molar-refractivity contribution in [1.82, 2.24) is 0 Å². The summed E-state index contributed by atoms with van der Waals surface area (Å²) >= 11 is 2.50. The summed E-state index contributed by atoms with van der Waals surface area (Å²) in [5.41, 5.74) is 0.259. The van der Waals surface area contributed by atoms with Crippen molar-refractivity contribution in [2.45, 2.75) is 63.6 Å². The molecule has 14 heavy (non-hydrogen) atoms. The van der Waals surface area contributed by atoms with Gasteiger partial charge in [-0.25, -0.2) is 0 Å². The van der Waals surface area contributed by atoms with Gasteiger partial charge in [-0.3, -0.25) is 0 Å². The molecule has 2 aliphatic rings. The molecule has 1 nitrogen and oxygen atoms in total. The average molecular weight is 308 g/mol. The molecule has 0 amide bonds. The SMILES string of the molecule is CC(OC1(CI)CCCC1)C1CCC1. The van der Waals surface area contributed by atoms with E-state index in [0.717, 1.165) is 5.92 Å². The maximum atomic E-state index is 6.34. The van der Waals surface area contributed by atoms with Gasteiger partial charge in [-0.1, -0.05) is 41.9 Å². The highest BCUT2D eigenvalue weighted by atomic mass is 127. The average Bonchev–Trinajstić information content (AvgIpc) is 2.50. The van der Waals surface area contributed by atoms with Gasteiger partial charge < -0.3 is 4.74 Å². The zero-order valence-electron chi connectivity index (χ0n) is 9.10. The van der Waals surface area contributed by atoms with Crippen LogP contribution in [0.3, 0.4) is 0 Å². The molecule has 1 unspecified atom stereocenters. The number of hydrogen-bond donors (Lipinski definition) is 0. The largest absolute Gasteiger partial charge is 0.371 e. The third kappa shape index (κ3) is 2.26. The van der Waals surface area contributed by atoms with Crippen LogP contribution in [0.15, 0.2) is 0 Å². The summed E-state index contributed by atoms with van der Waals surface area (Å²) < 4.78 is 7.53. The molecule has 1 atom stereocenters. The minimum absolute atomic E-state index is 0.259. The molecule has 82 valence electrons. The summed E-state index contributed by atoms with van der Waals surface area (Å²) in [6.07, 6.45) is 10.1. The Morgan fingerprint density at radius 2 is 1.93 bits per heavy atom. The Morgan fingerprint density at radius 1 is 1.29 bits per heavy atom. The van der Waals surface area contributed by atoms with Crippen molar-refractivity contribution >= 4 is 22.6 Å². The van der Waals surface area contributed by atoms with Gasteiger partial charge in [0.2, 0.25) is 0 Å². The molecule has 0 heterocycles. The van der Waals surface area contributed by atoms with Crippen molar-refractivity contribution < 1.29 is 4.74 Å². The van der Waals surface area contributed by atoms with Crippen LogP contribution in [0, 0.1) is 5.92 Å². The third-order valence-electron chi connectivity index (χ3n) is 4.01. The van der Waals surface area contributed by atoms with Gasteiger partial charge in [0.05, 0.1) is 11.7 Å². The van der Waals surface area contributed by atoms with E-state index < -0.39 is 0 Å². The zero-order chi connectivity index (χ0) is 10.0. The highest BCUT2D eigenvalue weighted by molar-refractivity contribution is 14.1. The summed E-state index contributed by atoms with van der Waals surface area (Å²) in [6, 6.07) is 0. The topological polar surface area (TPSA) is 9.23 Å². The Kier molecular flexibility index (Phi) is 3.74. The van der Waals surface area contributed by atoms with Crippen LogP contribution in [-0.2, 0) is 4.74 Å². The fraction of sp³-hybridized carbons (Fsp3) is 1.00. The molecule has 0 aliphatic heterocycles. The molecule has 2 rings (SSSR count). The van der Waals surface area contributed by atoms with Crippen LogP contribution in [0.4, 0.5) is 0 Å². The van der Waals surface area contributed by atoms with Crippen molar-refractivity contribution in [1.29, 1.82) is 0 Å². The monoisotopic (exact) mass is 308 g/mol. The lowest BCUT2D eigenvalue weighted by Crippen LogP contribution is -2.39. The first-order valence-corrected chi connectivity index (χ1v) is 7.52. The van der Waals surface area contributed by atoms with Crippen LogP contribution in [0.2, 0.25) is 0 Å². The first kappa shape index (κ1) is 11.2. The first-order chi connectivity index (χ1) is 6.76. The van der Waals surface area contributed by atoms with Crippen molar-refractivity contribution in [2.75, 3.05) is 4.43 Å². The molecule has 0 spiro atoms. The van der Waals surface area contributed by atoms with E-state index in [-0.39, 0.29) is 5.60 Å². The number of hydrogen-bond acceptors (Lipinski definition) is 1. The number of rotatable bonds is 4. The van der Waals surface area contributed by atoms with Gasteiger partial charge in [0.1, 0.15) is 0 Å². The lowest BCUT2D eigenvalue weighted by molar-refractivity contribution is -0.101. The predicted octanol–water partition coefficient (Wildman–Crippen LogP) is 3.94. The molecule has 2 fully saturated rings. The Bertz CT molecular complexity index is 183. The van der Waals surface area contributed by atoms with Crippen LogP contribution in [0.1, 0.15) is 51.9 Å². The van der Waals surface area contributed by atoms with E-state index in [1.54, 1.807) is 0 Å². The fourth-order valence-electron chi connectivity index (χ4n) is 2.70. The molecule has 2 saturated carbocycles. The summed E-state index contributed by atoms with van der Waals surface area (Å²) in [5.74, 6) is 0.871. The lowest BCUT2D eigenvalue weighted by Gasteiger charge is -2.38. The van der Waals surface area contributed by atoms with Crippen LogP contribution in [-0.4, -0.2) is 16.1 Å². The van der Waals surface area contributed by atoms with Gasteiger partial charge in [-0.2, -0.15) is 0 Å². The molecule has 0 N–H and O–H groups in total. The standard InChI is InChI=1S/C12H21IO/c1-10(11-5-4-6-11)14-12(9-13)7-2-3-8-12/h10-11H,2-9H2,1H3. The molecular formula is C12H21IO. The molecule has 0 bridgehead atoms. The van der Waals surface area contributed by atoms with E-state index in [2.05, 4.69) is 29.5 Å². The zero-order valence-corrected chi connectivity index (χ0v) is 11.3. The van der Waals surface area contributed by atoms with Gasteiger partial charge >= 0.3 is 0 Å². The second-order valence-corrected chi connectivity index (χ2v) is 5.80. The van der Waals surface area contributed by atoms with Crippen LogP contribution in [0.5, 0.6) is 0 Å². The third-order valence-corrected chi connectivity index (χ3v) is 5.40. The van der Waals surface area contributed by atoms with Crippen molar-refractivity contribution in [3.63, 3.8) is 0 Å². The Balaban J connectivity index is 1.86. The Morgan fingerprint density at radius 3 is 2.36 bits per heavy atom. The molecule has 2 aliphatic carbocycles. The quantitative estimate of drug-likeness (QED) is 0.564. The van der Waals surface area contributed by atoms with Gasteiger partial charge in [-0.15, -0.1) is 0 Å². The maximum Gasteiger partial charge on any atom is 0.0775 e. The molecule has 0 aromatic rings. The lowest BCUT2D eigenvalue weighted by atomic mass is 9.81. The van der Waals surface area contributed by atoms with Gasteiger partial charge in [0.25, 0.3) is 0 Å². The minimum Gasteiger partial charge on any atom is -0.371 e. The molecule has 0 aromatic heterocycles. The van der Waals surface area contributed by atoms with Crippen LogP contribution >= 0.6 is 22.6 Å². The number of alkyl halides is 1. The summed E-state index contributed by atoms with van der Waals surface area (Å²) in [4.78, 5) is 0. The van der Waals surface area contributed by atoms with E-state index in [9.17, 15) is 0 Å². The fourth-order valence-corrected chi connectivity index (χ4v) is 3.64. The van der Waals surface area contributed by atoms with E-state index in [4.69, 9.17) is 4.74 Å². The second-order valence-electron chi connectivity index (χ2n) is 5.04. The van der Waals surface area contributed by atoms with E-state index >= 15 is 0 Å². The molecule has 0 aromatic carbocycles. The van der Waals surface area contributed by atoms with Crippen molar-refractivity contribution in [3.8, 4) is 0 Å². The molecule has 0 radical (unpaired) electrons. The van der Waals surface area contributed by atoms with Crippen molar-refractivity contribution in [3.05, 3.63) is 0 Å². The molecule has 2 heteroatoms. The van der Waals surface area contributed by atoms with Crippen LogP contribution in [0.25, 0.3) is 0 Å². The minimum atomic E-state index is 0.259. The van der Waals surface area contributed by atoms with E-state index in [1.807, 2.05) is 0 Å². The molecule has 0 saturated heterocycles. The van der Waals surface area contributed by atoms with E-state index in [1.165, 1.54) is 49.4 Å². The van der Waals surface area contributed by atoms with Gasteiger partial charge in [-0.05, 0) is 38.5 Å². The van der Waals surface area contributed by atoms with Gasteiger partial charge in [0.15, 0.2) is 0 Å². The summed E-state index contributed by atoms with van der Waals surface area (Å²) in [5, 5.41) is 0. The second kappa shape index (κ2) is 4.69. The molecular weight excluding hydrogens is 287 g/mol. The Labute approximate surface area is 101 Å². The normalized spacial score (nSPS) is 28.7. The Hall–Kier alpha value is 0.690. The summed E-state index contributed by atoms with van der Waals surface area (Å²) in [6.45, 7) is 2.29. The summed E-state index contributed by atoms with van der Waals surface area (Å²) in [7, 11) is 0. The first-order valence-electron chi connectivity index (χ1n) is 5.99.